The van der Waals surface area contributed by atoms with Crippen molar-refractivity contribution in [3.05, 3.63) is 45.2 Å². The number of carbonyl (C=O) groups excluding carboxylic acids is 1. The molecule has 3 N–H and O–H groups in total. The van der Waals surface area contributed by atoms with E-state index in [1.807, 2.05) is 0 Å². The molecule has 2 rings (SSSR count). The first-order valence-electron chi connectivity index (χ1n) is 4.20. The van der Waals surface area contributed by atoms with Crippen LogP contribution in [0.4, 0.5) is 0 Å². The third kappa shape index (κ3) is 1.71. The molecule has 0 saturated heterocycles. The minimum Gasteiger partial charge on any atom is -0.364 e. The number of pyridine rings is 1. The summed E-state index contributed by atoms with van der Waals surface area (Å²) in [7, 11) is 0. The van der Waals surface area contributed by atoms with Crippen LogP contribution >= 0.6 is 11.6 Å². The fourth-order valence-electron chi connectivity index (χ4n) is 1.36. The monoisotopic (exact) mass is 222 g/mol. The van der Waals surface area contributed by atoms with Gasteiger partial charge in [-0.05, 0) is 18.2 Å². The highest BCUT2D eigenvalue weighted by atomic mass is 35.5. The molecule has 4 nitrogen and oxygen atoms in total. The van der Waals surface area contributed by atoms with Crippen LogP contribution in [-0.4, -0.2) is 10.9 Å². The van der Waals surface area contributed by atoms with Crippen LogP contribution in [0.2, 0.25) is 5.02 Å². The summed E-state index contributed by atoms with van der Waals surface area (Å²) in [5, 5.41) is 0.962. The maximum absolute atomic E-state index is 11.5. The van der Waals surface area contributed by atoms with Gasteiger partial charge < -0.3 is 10.7 Å². The zero-order valence-electron chi connectivity index (χ0n) is 7.58. The van der Waals surface area contributed by atoms with Crippen molar-refractivity contribution in [2.45, 2.75) is 0 Å². The first kappa shape index (κ1) is 9.73. The molecular formula is C10H7ClN2O2. The average Bonchev–Trinajstić information content (AvgIpc) is 2.16. The molecule has 5 heteroatoms. The lowest BCUT2D eigenvalue weighted by atomic mass is 10.2. The number of aromatic nitrogens is 1. The summed E-state index contributed by atoms with van der Waals surface area (Å²) in [4.78, 5) is 25.2. The Hall–Kier alpha value is -1.81. The number of primary amides is 1. The second-order valence-electron chi connectivity index (χ2n) is 3.10. The molecule has 76 valence electrons. The first-order chi connectivity index (χ1) is 7.08. The number of nitrogens with two attached hydrogens (primary N) is 1. The highest BCUT2D eigenvalue weighted by Crippen LogP contribution is 2.14. The summed E-state index contributed by atoms with van der Waals surface area (Å²) in [6.45, 7) is 0. The second-order valence-corrected chi connectivity index (χ2v) is 3.54. The van der Waals surface area contributed by atoms with E-state index in [9.17, 15) is 9.59 Å². The van der Waals surface area contributed by atoms with E-state index in [-0.39, 0.29) is 11.1 Å². The van der Waals surface area contributed by atoms with Crippen LogP contribution in [0.5, 0.6) is 0 Å². The summed E-state index contributed by atoms with van der Waals surface area (Å²) in [5.74, 6) is -0.672. The van der Waals surface area contributed by atoms with Gasteiger partial charge in [0.05, 0.1) is 5.52 Å². The average molecular weight is 223 g/mol. The quantitative estimate of drug-likeness (QED) is 0.763. The summed E-state index contributed by atoms with van der Waals surface area (Å²) >= 11 is 5.76. The smallest absolute Gasteiger partial charge is 0.265 e. The summed E-state index contributed by atoms with van der Waals surface area (Å²) < 4.78 is 0. The fourth-order valence-corrected chi connectivity index (χ4v) is 1.53. The topological polar surface area (TPSA) is 76.0 Å². The molecule has 0 radical (unpaired) electrons. The predicted octanol–water partition coefficient (Wildman–Crippen LogP) is 1.28. The van der Waals surface area contributed by atoms with Crippen LogP contribution in [0.3, 0.4) is 0 Å². The van der Waals surface area contributed by atoms with Crippen LogP contribution in [-0.2, 0) is 0 Å². The number of H-pyrrole nitrogens is 1. The van der Waals surface area contributed by atoms with Crippen molar-refractivity contribution in [2.24, 2.45) is 5.73 Å². The van der Waals surface area contributed by atoms with E-state index in [4.69, 9.17) is 17.3 Å². The number of amides is 1. The van der Waals surface area contributed by atoms with E-state index in [1.165, 1.54) is 6.07 Å². The van der Waals surface area contributed by atoms with Gasteiger partial charge in [-0.3, -0.25) is 9.59 Å². The van der Waals surface area contributed by atoms with Gasteiger partial charge in [0, 0.05) is 16.5 Å². The van der Waals surface area contributed by atoms with E-state index in [1.54, 1.807) is 18.2 Å². The number of hydrogen-bond acceptors (Lipinski definition) is 2. The van der Waals surface area contributed by atoms with Crippen LogP contribution in [0, 0.1) is 0 Å². The van der Waals surface area contributed by atoms with Crippen LogP contribution in [0.15, 0.2) is 29.1 Å². The number of halogens is 1. The number of hydrogen-bond donors (Lipinski definition) is 2. The molecule has 15 heavy (non-hydrogen) atoms. The SMILES string of the molecule is NC(=O)c1cc(=O)c2ccc(Cl)cc2[nH]1. The molecule has 0 unspecified atom stereocenters. The van der Waals surface area contributed by atoms with Gasteiger partial charge in [-0.25, -0.2) is 0 Å². The maximum Gasteiger partial charge on any atom is 0.265 e. The molecule has 1 amide bonds. The van der Waals surface area contributed by atoms with Gasteiger partial charge in [-0.1, -0.05) is 11.6 Å². The lowest BCUT2D eigenvalue weighted by Crippen LogP contribution is -2.16. The minimum absolute atomic E-state index is 0.0785. The third-order valence-electron chi connectivity index (χ3n) is 2.06. The van der Waals surface area contributed by atoms with Gasteiger partial charge in [-0.2, -0.15) is 0 Å². The molecule has 0 aliphatic rings. The number of fused-ring (bicyclic) bond motifs is 1. The van der Waals surface area contributed by atoms with Gasteiger partial charge in [0.15, 0.2) is 5.43 Å². The highest BCUT2D eigenvalue weighted by molar-refractivity contribution is 6.31. The first-order valence-corrected chi connectivity index (χ1v) is 4.58. The maximum atomic E-state index is 11.5. The molecule has 0 atom stereocenters. The number of aromatic amines is 1. The summed E-state index contributed by atoms with van der Waals surface area (Å²) in [5.41, 5.74) is 5.40. The number of benzene rings is 1. The summed E-state index contributed by atoms with van der Waals surface area (Å²) in [6, 6.07) is 5.97. The van der Waals surface area contributed by atoms with Gasteiger partial charge in [0.1, 0.15) is 5.69 Å². The third-order valence-corrected chi connectivity index (χ3v) is 2.29. The Morgan fingerprint density at radius 1 is 1.33 bits per heavy atom. The van der Waals surface area contributed by atoms with Crippen LogP contribution < -0.4 is 11.2 Å². The summed E-state index contributed by atoms with van der Waals surface area (Å²) in [6.07, 6.45) is 0. The van der Waals surface area contributed by atoms with Gasteiger partial charge in [0.25, 0.3) is 5.91 Å². The Balaban J connectivity index is 2.85. The van der Waals surface area contributed by atoms with Gasteiger partial charge in [0.2, 0.25) is 0 Å². The molecule has 0 fully saturated rings. The van der Waals surface area contributed by atoms with E-state index in [0.717, 1.165) is 0 Å². The Morgan fingerprint density at radius 3 is 2.73 bits per heavy atom. The van der Waals surface area contributed by atoms with Crippen LogP contribution in [0.25, 0.3) is 10.9 Å². The van der Waals surface area contributed by atoms with Crippen molar-refractivity contribution in [2.75, 3.05) is 0 Å². The fraction of sp³-hybridized carbons (Fsp3) is 0. The highest BCUT2D eigenvalue weighted by Gasteiger charge is 2.06. The van der Waals surface area contributed by atoms with Gasteiger partial charge in [-0.15, -0.1) is 0 Å². The molecule has 0 aliphatic carbocycles. The van der Waals surface area contributed by atoms with Crippen molar-refractivity contribution >= 4 is 28.4 Å². The number of carbonyl (C=O) groups is 1. The Bertz CT molecular complexity index is 604. The second kappa shape index (κ2) is 3.40. The van der Waals surface area contributed by atoms with Crippen molar-refractivity contribution in [1.82, 2.24) is 4.98 Å². The zero-order chi connectivity index (χ0) is 11.0. The van der Waals surface area contributed by atoms with E-state index in [0.29, 0.717) is 15.9 Å². The van der Waals surface area contributed by atoms with Crippen molar-refractivity contribution in [3.8, 4) is 0 Å². The molecule has 2 aromatic rings. The molecule has 0 bridgehead atoms. The van der Waals surface area contributed by atoms with E-state index < -0.39 is 5.91 Å². The molecular weight excluding hydrogens is 216 g/mol. The predicted molar refractivity (Wildman–Crippen MR) is 58.1 cm³/mol. The minimum atomic E-state index is -0.672. The Morgan fingerprint density at radius 2 is 2.07 bits per heavy atom. The van der Waals surface area contributed by atoms with Crippen LogP contribution in [0.1, 0.15) is 10.5 Å². The van der Waals surface area contributed by atoms with Crippen molar-refractivity contribution in [1.29, 1.82) is 0 Å². The molecule has 1 aromatic carbocycles. The molecule has 0 saturated carbocycles. The van der Waals surface area contributed by atoms with Gasteiger partial charge >= 0.3 is 0 Å². The lowest BCUT2D eigenvalue weighted by Gasteiger charge is -2.00. The Kier molecular flexibility index (Phi) is 2.21. The van der Waals surface area contributed by atoms with Crippen molar-refractivity contribution in [3.63, 3.8) is 0 Å². The molecule has 1 aromatic heterocycles. The van der Waals surface area contributed by atoms with E-state index >= 15 is 0 Å². The van der Waals surface area contributed by atoms with E-state index in [2.05, 4.69) is 4.98 Å². The normalized spacial score (nSPS) is 10.5. The largest absolute Gasteiger partial charge is 0.364 e. The van der Waals surface area contributed by atoms with Crippen molar-refractivity contribution < 1.29 is 4.79 Å². The zero-order valence-corrected chi connectivity index (χ0v) is 8.34. The molecule has 0 aliphatic heterocycles. The molecule has 1 heterocycles. The molecule has 0 spiro atoms. The Labute approximate surface area is 89.7 Å². The number of rotatable bonds is 1. The standard InChI is InChI=1S/C10H7ClN2O2/c11-5-1-2-6-7(3-5)13-8(10(12)15)4-9(6)14/h1-4H,(H2,12,15)(H,13,14). The lowest BCUT2D eigenvalue weighted by molar-refractivity contribution is 0.0996. The number of nitrogens with one attached hydrogen (secondary N) is 1.